The minimum Gasteiger partial charge on any atom is -0.349 e. The summed E-state index contributed by atoms with van der Waals surface area (Å²) in [6.07, 6.45) is 2.73. The first-order chi connectivity index (χ1) is 12.7. The average Bonchev–Trinajstić information content (AvgIpc) is 2.52. The summed E-state index contributed by atoms with van der Waals surface area (Å²) in [6.45, 7) is 20.7. The Kier molecular flexibility index (Phi) is 6.37. The molecule has 6 heteroatoms. The molecule has 0 aromatic heterocycles. The minimum absolute atomic E-state index is 0.0312. The summed E-state index contributed by atoms with van der Waals surface area (Å²) in [5.41, 5.74) is -0.235. The zero-order valence-corrected chi connectivity index (χ0v) is 19.0. The van der Waals surface area contributed by atoms with Gasteiger partial charge in [0.05, 0.1) is 0 Å². The van der Waals surface area contributed by atoms with Crippen LogP contribution < -0.4 is 21.3 Å². The Bertz CT molecular complexity index is 548. The topological polar surface area (TPSA) is 82.3 Å². The van der Waals surface area contributed by atoms with Crippen LogP contribution in [-0.2, 0) is 9.59 Å². The zero-order valence-electron chi connectivity index (χ0n) is 19.0. The lowest BCUT2D eigenvalue weighted by molar-refractivity contribution is -0.122. The standard InChI is InChI=1S/C22H40N4O2/c1-19(2)11-23-12-20(3,4)17(19)25-15(27)9-10-16(28)26-18-21(5,6)13-24-14-22(18,7)8/h9-10,17-18,23-24H,11-14H2,1-8H3,(H,25,27)(H,26,28). The molecule has 2 aliphatic rings. The Morgan fingerprint density at radius 3 is 1.14 bits per heavy atom. The molecule has 0 aromatic rings. The third-order valence-electron chi connectivity index (χ3n) is 6.41. The second kappa shape index (κ2) is 7.79. The molecule has 0 aliphatic carbocycles. The molecule has 0 radical (unpaired) electrons. The fourth-order valence-electron chi connectivity index (χ4n) is 5.25. The van der Waals surface area contributed by atoms with Crippen LogP contribution in [0, 0.1) is 21.7 Å². The molecular formula is C22H40N4O2. The van der Waals surface area contributed by atoms with Crippen molar-refractivity contribution in [3.05, 3.63) is 12.2 Å². The van der Waals surface area contributed by atoms with Gasteiger partial charge < -0.3 is 21.3 Å². The van der Waals surface area contributed by atoms with Crippen LogP contribution in [0.15, 0.2) is 12.2 Å². The van der Waals surface area contributed by atoms with Crippen molar-refractivity contribution in [1.29, 1.82) is 0 Å². The second-order valence-corrected chi connectivity index (χ2v) is 11.4. The number of amides is 2. The number of nitrogens with one attached hydrogen (secondary N) is 4. The van der Waals surface area contributed by atoms with Crippen molar-refractivity contribution in [2.24, 2.45) is 21.7 Å². The lowest BCUT2D eigenvalue weighted by Crippen LogP contribution is -2.63. The summed E-state index contributed by atoms with van der Waals surface area (Å²) >= 11 is 0. The molecule has 4 N–H and O–H groups in total. The van der Waals surface area contributed by atoms with E-state index < -0.39 is 0 Å². The molecule has 160 valence electrons. The molecule has 2 rings (SSSR count). The van der Waals surface area contributed by atoms with Crippen LogP contribution in [-0.4, -0.2) is 50.1 Å². The summed E-state index contributed by atoms with van der Waals surface area (Å²) in [5.74, 6) is -0.431. The molecular weight excluding hydrogens is 352 g/mol. The molecule has 0 spiro atoms. The van der Waals surface area contributed by atoms with Gasteiger partial charge in [0.1, 0.15) is 0 Å². The van der Waals surface area contributed by atoms with Gasteiger partial charge in [-0.05, 0) is 21.7 Å². The molecule has 2 aliphatic heterocycles. The lowest BCUT2D eigenvalue weighted by Gasteiger charge is -2.49. The molecule has 6 nitrogen and oxygen atoms in total. The maximum Gasteiger partial charge on any atom is 0.244 e. The van der Waals surface area contributed by atoms with E-state index in [1.807, 2.05) is 0 Å². The summed E-state index contributed by atoms with van der Waals surface area (Å²) in [7, 11) is 0. The SMILES string of the molecule is CC1(C)CNCC(C)(C)C1NC(=O)C=CC(=O)NC1C(C)(C)CNCC1(C)C. The van der Waals surface area contributed by atoms with Gasteiger partial charge in [0, 0.05) is 50.4 Å². The van der Waals surface area contributed by atoms with Gasteiger partial charge >= 0.3 is 0 Å². The van der Waals surface area contributed by atoms with Crippen LogP contribution in [0.25, 0.3) is 0 Å². The van der Waals surface area contributed by atoms with E-state index in [1.165, 1.54) is 12.2 Å². The van der Waals surface area contributed by atoms with Gasteiger partial charge in [0.2, 0.25) is 11.8 Å². The van der Waals surface area contributed by atoms with Gasteiger partial charge in [-0.2, -0.15) is 0 Å². The molecule has 2 fully saturated rings. The quantitative estimate of drug-likeness (QED) is 0.550. The predicted molar refractivity (Wildman–Crippen MR) is 114 cm³/mol. The van der Waals surface area contributed by atoms with E-state index in [2.05, 4.69) is 76.7 Å². The molecule has 0 atom stereocenters. The van der Waals surface area contributed by atoms with Gasteiger partial charge in [0.15, 0.2) is 0 Å². The Morgan fingerprint density at radius 2 is 0.893 bits per heavy atom. The number of carbonyl (C=O) groups excluding carboxylic acids is 2. The van der Waals surface area contributed by atoms with Crippen molar-refractivity contribution < 1.29 is 9.59 Å². The summed E-state index contributed by atoms with van der Waals surface area (Å²) in [6, 6.07) is 0.0625. The third-order valence-corrected chi connectivity index (χ3v) is 6.41. The van der Waals surface area contributed by atoms with Crippen LogP contribution >= 0.6 is 0 Å². The van der Waals surface area contributed by atoms with Crippen LogP contribution in [0.3, 0.4) is 0 Å². The largest absolute Gasteiger partial charge is 0.349 e. The van der Waals surface area contributed by atoms with Crippen LogP contribution in [0.5, 0.6) is 0 Å². The Balaban J connectivity index is 2.00. The number of piperidine rings is 2. The number of hydrogen-bond acceptors (Lipinski definition) is 4. The van der Waals surface area contributed by atoms with Crippen LogP contribution in [0.1, 0.15) is 55.4 Å². The maximum atomic E-state index is 12.5. The minimum atomic E-state index is -0.216. The highest BCUT2D eigenvalue weighted by atomic mass is 16.2. The molecule has 2 heterocycles. The van der Waals surface area contributed by atoms with Crippen molar-refractivity contribution in [2.45, 2.75) is 67.5 Å². The number of carbonyl (C=O) groups is 2. The lowest BCUT2D eigenvalue weighted by atomic mass is 9.67. The van der Waals surface area contributed by atoms with Crippen molar-refractivity contribution in [1.82, 2.24) is 21.3 Å². The Hall–Kier alpha value is -1.40. The number of rotatable bonds is 4. The van der Waals surface area contributed by atoms with E-state index in [0.29, 0.717) is 0 Å². The fraction of sp³-hybridized carbons (Fsp3) is 0.818. The third kappa shape index (κ3) is 5.15. The average molecular weight is 393 g/mol. The van der Waals surface area contributed by atoms with Gasteiger partial charge in [-0.25, -0.2) is 0 Å². The van der Waals surface area contributed by atoms with Crippen molar-refractivity contribution in [3.8, 4) is 0 Å². The highest BCUT2D eigenvalue weighted by Gasteiger charge is 2.45. The van der Waals surface area contributed by atoms with Gasteiger partial charge in [-0.15, -0.1) is 0 Å². The normalized spacial score (nSPS) is 26.7. The summed E-state index contributed by atoms with van der Waals surface area (Å²) in [4.78, 5) is 25.1. The van der Waals surface area contributed by atoms with E-state index >= 15 is 0 Å². The first kappa shape index (κ1) is 22.9. The summed E-state index contributed by atoms with van der Waals surface area (Å²) < 4.78 is 0. The Morgan fingerprint density at radius 1 is 0.643 bits per heavy atom. The van der Waals surface area contributed by atoms with E-state index in [-0.39, 0.29) is 45.6 Å². The highest BCUT2D eigenvalue weighted by molar-refractivity contribution is 5.97. The first-order valence-corrected chi connectivity index (χ1v) is 10.4. The van der Waals surface area contributed by atoms with Gasteiger partial charge in [0.25, 0.3) is 0 Å². The van der Waals surface area contributed by atoms with E-state index in [1.54, 1.807) is 0 Å². The van der Waals surface area contributed by atoms with Crippen molar-refractivity contribution in [2.75, 3.05) is 26.2 Å². The molecule has 2 amide bonds. The molecule has 0 saturated carbocycles. The monoisotopic (exact) mass is 392 g/mol. The fourth-order valence-corrected chi connectivity index (χ4v) is 5.25. The predicted octanol–water partition coefficient (Wildman–Crippen LogP) is 1.82. The molecule has 0 bridgehead atoms. The zero-order chi connectivity index (χ0) is 21.4. The van der Waals surface area contributed by atoms with Crippen molar-refractivity contribution in [3.63, 3.8) is 0 Å². The Labute approximate surface area is 170 Å². The molecule has 0 unspecified atom stereocenters. The van der Waals surface area contributed by atoms with Gasteiger partial charge in [-0.1, -0.05) is 55.4 Å². The van der Waals surface area contributed by atoms with Crippen LogP contribution in [0.4, 0.5) is 0 Å². The van der Waals surface area contributed by atoms with Crippen molar-refractivity contribution >= 4 is 11.8 Å². The maximum absolute atomic E-state index is 12.5. The molecule has 28 heavy (non-hydrogen) atoms. The van der Waals surface area contributed by atoms with Gasteiger partial charge in [-0.3, -0.25) is 9.59 Å². The first-order valence-electron chi connectivity index (χ1n) is 10.4. The molecule has 0 aromatic carbocycles. The van der Waals surface area contributed by atoms with E-state index in [4.69, 9.17) is 0 Å². The van der Waals surface area contributed by atoms with Crippen LogP contribution in [0.2, 0.25) is 0 Å². The van der Waals surface area contributed by atoms with E-state index in [0.717, 1.165) is 26.2 Å². The smallest absolute Gasteiger partial charge is 0.244 e. The highest BCUT2D eigenvalue weighted by Crippen LogP contribution is 2.37. The molecule has 2 saturated heterocycles. The summed E-state index contributed by atoms with van der Waals surface area (Å²) in [5, 5.41) is 13.2. The second-order valence-electron chi connectivity index (χ2n) is 11.4. The van der Waals surface area contributed by atoms with E-state index in [9.17, 15) is 9.59 Å². The number of hydrogen-bond donors (Lipinski definition) is 4.